The second kappa shape index (κ2) is 6.23. The molecule has 1 fully saturated rings. The van der Waals surface area contributed by atoms with Crippen molar-refractivity contribution >= 4 is 0 Å². The number of hydrazine groups is 1. The van der Waals surface area contributed by atoms with Crippen molar-refractivity contribution in [2.24, 2.45) is 23.1 Å². The molecular weight excluding hydrogens is 251 g/mol. The Balaban J connectivity index is 2.04. The Morgan fingerprint density at radius 2 is 1.85 bits per heavy atom. The quantitative estimate of drug-likeness (QED) is 0.643. The fraction of sp³-hybridized carbons (Fsp3) is 0.647. The van der Waals surface area contributed by atoms with Crippen LogP contribution in [0.15, 0.2) is 24.3 Å². The van der Waals surface area contributed by atoms with Crippen molar-refractivity contribution < 1.29 is 4.39 Å². The molecule has 1 aromatic carbocycles. The molecule has 112 valence electrons. The van der Waals surface area contributed by atoms with Gasteiger partial charge in [-0.25, -0.2) is 4.39 Å². The lowest BCUT2D eigenvalue weighted by atomic mass is 9.68. The van der Waals surface area contributed by atoms with E-state index in [-0.39, 0.29) is 11.9 Å². The van der Waals surface area contributed by atoms with Crippen LogP contribution in [0.1, 0.15) is 58.1 Å². The predicted molar refractivity (Wildman–Crippen MR) is 81.4 cm³/mol. The first kappa shape index (κ1) is 15.5. The highest BCUT2D eigenvalue weighted by Crippen LogP contribution is 2.43. The third-order valence-electron chi connectivity index (χ3n) is 4.86. The standard InChI is InChI=1S/C17H27FN2/c1-17(2,3)14-9-7-12(8-10-14)16(20-19)13-5-4-6-15(18)11-13/h4-6,11-12,14,16,20H,7-10,19H2,1-3H3. The van der Waals surface area contributed by atoms with Gasteiger partial charge < -0.3 is 0 Å². The summed E-state index contributed by atoms with van der Waals surface area (Å²) in [6.45, 7) is 6.97. The summed E-state index contributed by atoms with van der Waals surface area (Å²) in [7, 11) is 0. The first-order valence-electron chi connectivity index (χ1n) is 7.63. The van der Waals surface area contributed by atoms with Gasteiger partial charge in [0.05, 0.1) is 0 Å². The zero-order valence-corrected chi connectivity index (χ0v) is 12.8. The molecular formula is C17H27FN2. The van der Waals surface area contributed by atoms with E-state index >= 15 is 0 Å². The number of rotatable bonds is 3. The Hall–Kier alpha value is -0.930. The van der Waals surface area contributed by atoms with Gasteiger partial charge in [0.1, 0.15) is 5.82 Å². The summed E-state index contributed by atoms with van der Waals surface area (Å²) in [6, 6.07) is 6.86. The minimum Gasteiger partial charge on any atom is -0.271 e. The van der Waals surface area contributed by atoms with Gasteiger partial charge in [-0.1, -0.05) is 32.9 Å². The summed E-state index contributed by atoms with van der Waals surface area (Å²) in [4.78, 5) is 0. The summed E-state index contributed by atoms with van der Waals surface area (Å²) in [6.07, 6.45) is 4.80. The molecule has 1 unspecified atom stereocenters. The van der Waals surface area contributed by atoms with Crippen molar-refractivity contribution in [2.75, 3.05) is 0 Å². The van der Waals surface area contributed by atoms with Crippen LogP contribution >= 0.6 is 0 Å². The maximum absolute atomic E-state index is 13.4. The van der Waals surface area contributed by atoms with Crippen molar-refractivity contribution in [3.8, 4) is 0 Å². The van der Waals surface area contributed by atoms with E-state index in [2.05, 4.69) is 26.2 Å². The summed E-state index contributed by atoms with van der Waals surface area (Å²) < 4.78 is 13.4. The molecule has 1 saturated carbocycles. The van der Waals surface area contributed by atoms with E-state index in [9.17, 15) is 4.39 Å². The molecule has 0 aromatic heterocycles. The van der Waals surface area contributed by atoms with Crippen molar-refractivity contribution in [1.29, 1.82) is 0 Å². The van der Waals surface area contributed by atoms with Gasteiger partial charge in [-0.2, -0.15) is 0 Å². The fourth-order valence-electron chi connectivity index (χ4n) is 3.52. The van der Waals surface area contributed by atoms with E-state index < -0.39 is 0 Å². The normalized spacial score (nSPS) is 25.4. The largest absolute Gasteiger partial charge is 0.271 e. The number of halogens is 1. The number of nitrogens with two attached hydrogens (primary N) is 1. The van der Waals surface area contributed by atoms with Crippen LogP contribution in [-0.2, 0) is 0 Å². The SMILES string of the molecule is CC(C)(C)C1CCC(C(NN)c2cccc(F)c2)CC1. The van der Waals surface area contributed by atoms with E-state index in [1.807, 2.05) is 6.07 Å². The van der Waals surface area contributed by atoms with Crippen LogP contribution in [0.4, 0.5) is 4.39 Å². The van der Waals surface area contributed by atoms with Crippen molar-refractivity contribution in [2.45, 2.75) is 52.5 Å². The van der Waals surface area contributed by atoms with Gasteiger partial charge in [-0.05, 0) is 60.6 Å². The molecule has 0 amide bonds. The Labute approximate surface area is 121 Å². The van der Waals surface area contributed by atoms with E-state index in [4.69, 9.17) is 5.84 Å². The van der Waals surface area contributed by atoms with Crippen molar-refractivity contribution in [3.63, 3.8) is 0 Å². The molecule has 20 heavy (non-hydrogen) atoms. The van der Waals surface area contributed by atoms with Gasteiger partial charge in [-0.15, -0.1) is 0 Å². The molecule has 2 nitrogen and oxygen atoms in total. The molecule has 0 aliphatic heterocycles. The topological polar surface area (TPSA) is 38.0 Å². The maximum Gasteiger partial charge on any atom is 0.123 e. The van der Waals surface area contributed by atoms with E-state index in [1.54, 1.807) is 12.1 Å². The van der Waals surface area contributed by atoms with Crippen LogP contribution in [0.25, 0.3) is 0 Å². The van der Waals surface area contributed by atoms with Gasteiger partial charge in [0, 0.05) is 6.04 Å². The summed E-state index contributed by atoms with van der Waals surface area (Å²) in [5.41, 5.74) is 4.25. The molecule has 2 rings (SSSR count). The first-order chi connectivity index (χ1) is 9.41. The second-order valence-electron chi connectivity index (χ2n) is 7.18. The lowest BCUT2D eigenvalue weighted by Crippen LogP contribution is -2.36. The zero-order chi connectivity index (χ0) is 14.8. The molecule has 1 atom stereocenters. The number of hydrogen-bond acceptors (Lipinski definition) is 2. The van der Waals surface area contributed by atoms with E-state index in [0.717, 1.165) is 24.3 Å². The molecule has 1 aliphatic carbocycles. The number of nitrogens with one attached hydrogen (secondary N) is 1. The van der Waals surface area contributed by atoms with Crippen LogP contribution in [-0.4, -0.2) is 0 Å². The van der Waals surface area contributed by atoms with Gasteiger partial charge in [0.15, 0.2) is 0 Å². The average molecular weight is 278 g/mol. The number of benzene rings is 1. The molecule has 0 bridgehead atoms. The van der Waals surface area contributed by atoms with Crippen LogP contribution < -0.4 is 11.3 Å². The highest BCUT2D eigenvalue weighted by atomic mass is 19.1. The van der Waals surface area contributed by atoms with Crippen molar-refractivity contribution in [3.05, 3.63) is 35.6 Å². The van der Waals surface area contributed by atoms with Crippen LogP contribution in [0.2, 0.25) is 0 Å². The molecule has 3 heteroatoms. The molecule has 1 aromatic rings. The summed E-state index contributed by atoms with van der Waals surface area (Å²) >= 11 is 0. The maximum atomic E-state index is 13.4. The highest BCUT2D eigenvalue weighted by Gasteiger charge is 2.33. The lowest BCUT2D eigenvalue weighted by Gasteiger charge is -2.39. The molecule has 0 spiro atoms. The Kier molecular flexibility index (Phi) is 4.82. The van der Waals surface area contributed by atoms with Crippen LogP contribution in [0, 0.1) is 23.1 Å². The van der Waals surface area contributed by atoms with Crippen molar-refractivity contribution in [1.82, 2.24) is 5.43 Å². The molecule has 0 radical (unpaired) electrons. The smallest absolute Gasteiger partial charge is 0.123 e. The molecule has 3 N–H and O–H groups in total. The lowest BCUT2D eigenvalue weighted by molar-refractivity contribution is 0.132. The minimum absolute atomic E-state index is 0.0617. The predicted octanol–water partition coefficient (Wildman–Crippen LogP) is 4.18. The Morgan fingerprint density at radius 3 is 2.35 bits per heavy atom. The highest BCUT2D eigenvalue weighted by molar-refractivity contribution is 5.21. The number of hydrogen-bond donors (Lipinski definition) is 2. The fourth-order valence-corrected chi connectivity index (χ4v) is 3.52. The van der Waals surface area contributed by atoms with Gasteiger partial charge in [0.2, 0.25) is 0 Å². The molecule has 0 heterocycles. The minimum atomic E-state index is -0.189. The van der Waals surface area contributed by atoms with Gasteiger partial charge in [0.25, 0.3) is 0 Å². The Morgan fingerprint density at radius 1 is 1.20 bits per heavy atom. The first-order valence-corrected chi connectivity index (χ1v) is 7.63. The molecule has 1 aliphatic rings. The van der Waals surface area contributed by atoms with Gasteiger partial charge >= 0.3 is 0 Å². The summed E-state index contributed by atoms with van der Waals surface area (Å²) in [5, 5.41) is 0. The van der Waals surface area contributed by atoms with Crippen LogP contribution in [0.5, 0.6) is 0 Å². The average Bonchev–Trinajstić information content (AvgIpc) is 2.39. The second-order valence-corrected chi connectivity index (χ2v) is 7.18. The molecule has 0 saturated heterocycles. The van der Waals surface area contributed by atoms with E-state index in [0.29, 0.717) is 11.3 Å². The van der Waals surface area contributed by atoms with Gasteiger partial charge in [-0.3, -0.25) is 11.3 Å². The third-order valence-corrected chi connectivity index (χ3v) is 4.86. The zero-order valence-electron chi connectivity index (χ0n) is 12.8. The monoisotopic (exact) mass is 278 g/mol. The third kappa shape index (κ3) is 3.58. The summed E-state index contributed by atoms with van der Waals surface area (Å²) in [5.74, 6) is 6.83. The Bertz CT molecular complexity index is 431. The van der Waals surface area contributed by atoms with Crippen LogP contribution in [0.3, 0.4) is 0 Å². The van der Waals surface area contributed by atoms with E-state index in [1.165, 1.54) is 18.9 Å².